The number of nitrogens with zero attached hydrogens (tertiary/aromatic N) is 1. The van der Waals surface area contributed by atoms with Crippen molar-refractivity contribution in [3.05, 3.63) is 29.8 Å². The maximum absolute atomic E-state index is 12.3. The molecule has 2 N–H and O–H groups in total. The van der Waals surface area contributed by atoms with Gasteiger partial charge in [-0.15, -0.1) is 4.83 Å². The first-order chi connectivity index (χ1) is 10.0. The second-order valence-electron chi connectivity index (χ2n) is 5.49. The number of benzene rings is 1. The van der Waals surface area contributed by atoms with Gasteiger partial charge in [0.05, 0.1) is 4.90 Å². The van der Waals surface area contributed by atoms with Crippen molar-refractivity contribution in [1.82, 2.24) is 15.2 Å². The summed E-state index contributed by atoms with van der Waals surface area (Å²) in [6, 6.07) is 7.32. The Morgan fingerprint density at radius 3 is 2.33 bits per heavy atom. The van der Waals surface area contributed by atoms with Crippen LogP contribution >= 0.6 is 0 Å². The Hall–Kier alpha value is -0.950. The molecule has 0 radical (unpaired) electrons. The van der Waals surface area contributed by atoms with Gasteiger partial charge in [0, 0.05) is 19.1 Å². The highest BCUT2D eigenvalue weighted by atomic mass is 32.2. The first-order valence-corrected chi connectivity index (χ1v) is 9.12. The highest BCUT2D eigenvalue weighted by Crippen LogP contribution is 2.17. The van der Waals surface area contributed by atoms with E-state index in [0.717, 1.165) is 38.0 Å². The van der Waals surface area contributed by atoms with E-state index in [-0.39, 0.29) is 6.04 Å². The van der Waals surface area contributed by atoms with Crippen LogP contribution in [0, 0.1) is 0 Å². The Bertz CT molecular complexity index is 537. The lowest BCUT2D eigenvalue weighted by Gasteiger charge is -2.26. The molecule has 21 heavy (non-hydrogen) atoms. The molecule has 1 aromatic carbocycles. The Balaban J connectivity index is 2.05. The molecule has 1 fully saturated rings. The summed E-state index contributed by atoms with van der Waals surface area (Å²) in [5.41, 5.74) is 1.09. The number of hydrazine groups is 1. The van der Waals surface area contributed by atoms with E-state index < -0.39 is 10.0 Å². The minimum absolute atomic E-state index is 0.224. The molecule has 1 aliphatic heterocycles. The highest BCUT2D eigenvalue weighted by molar-refractivity contribution is 7.89. The summed E-state index contributed by atoms with van der Waals surface area (Å²) >= 11 is 0. The third-order valence-corrected chi connectivity index (χ3v) is 5.20. The molecule has 0 spiro atoms. The van der Waals surface area contributed by atoms with Crippen molar-refractivity contribution in [1.29, 1.82) is 0 Å². The molecular weight excluding hydrogens is 286 g/mol. The molecule has 0 saturated carbocycles. The molecule has 6 heteroatoms. The second-order valence-corrected chi connectivity index (χ2v) is 7.15. The molecule has 0 bridgehead atoms. The van der Waals surface area contributed by atoms with E-state index in [9.17, 15) is 8.42 Å². The number of sulfonamides is 1. The number of hydrogen-bond donors (Lipinski definition) is 2. The minimum Gasteiger partial charge on any atom is -0.310 e. The van der Waals surface area contributed by atoms with Crippen LogP contribution in [-0.4, -0.2) is 33.1 Å². The molecule has 0 aromatic heterocycles. The lowest BCUT2D eigenvalue weighted by Crippen LogP contribution is -2.44. The molecule has 1 aromatic rings. The molecule has 1 atom stereocenters. The van der Waals surface area contributed by atoms with Crippen molar-refractivity contribution in [2.75, 3.05) is 19.6 Å². The van der Waals surface area contributed by atoms with E-state index in [1.165, 1.54) is 6.42 Å². The summed E-state index contributed by atoms with van der Waals surface area (Å²) in [5, 5.41) is 5.11. The van der Waals surface area contributed by atoms with Crippen molar-refractivity contribution in [3.63, 3.8) is 0 Å². The molecule has 0 amide bonds. The van der Waals surface area contributed by atoms with Crippen LogP contribution in [0.3, 0.4) is 0 Å². The third kappa shape index (κ3) is 4.51. The summed E-state index contributed by atoms with van der Waals surface area (Å²) in [5.74, 6) is 0. The lowest BCUT2D eigenvalue weighted by atomic mass is 10.1. The topological polar surface area (TPSA) is 61.4 Å². The lowest BCUT2D eigenvalue weighted by molar-refractivity contribution is 0.200. The molecule has 1 unspecified atom stereocenters. The van der Waals surface area contributed by atoms with E-state index in [4.69, 9.17) is 0 Å². The summed E-state index contributed by atoms with van der Waals surface area (Å²) in [6.45, 7) is 6.58. The average Bonchev–Trinajstić information content (AvgIpc) is 2.48. The van der Waals surface area contributed by atoms with Crippen LogP contribution < -0.4 is 10.1 Å². The molecule has 1 heterocycles. The van der Waals surface area contributed by atoms with Gasteiger partial charge >= 0.3 is 0 Å². The van der Waals surface area contributed by atoms with Crippen LogP contribution in [0.2, 0.25) is 0 Å². The third-order valence-electron chi connectivity index (χ3n) is 3.81. The second kappa shape index (κ2) is 7.35. The van der Waals surface area contributed by atoms with Crippen LogP contribution in [0.4, 0.5) is 0 Å². The van der Waals surface area contributed by atoms with Crippen molar-refractivity contribution in [2.24, 2.45) is 0 Å². The zero-order valence-corrected chi connectivity index (χ0v) is 13.6. The first-order valence-electron chi connectivity index (χ1n) is 7.63. The number of nitrogens with one attached hydrogen (secondary N) is 2. The molecule has 1 aliphatic rings. The van der Waals surface area contributed by atoms with Gasteiger partial charge in [-0.3, -0.25) is 0 Å². The van der Waals surface area contributed by atoms with Crippen LogP contribution in [0.15, 0.2) is 29.2 Å². The minimum atomic E-state index is -3.46. The van der Waals surface area contributed by atoms with Gasteiger partial charge in [0.1, 0.15) is 0 Å². The molecule has 0 aliphatic carbocycles. The van der Waals surface area contributed by atoms with E-state index in [0.29, 0.717) is 4.90 Å². The molecule has 5 nitrogen and oxygen atoms in total. The van der Waals surface area contributed by atoms with E-state index in [2.05, 4.69) is 24.0 Å². The Kier molecular flexibility index (Phi) is 5.75. The van der Waals surface area contributed by atoms with Gasteiger partial charge in [-0.2, -0.15) is 0 Å². The predicted molar refractivity (Wildman–Crippen MR) is 84.3 cm³/mol. The summed E-state index contributed by atoms with van der Waals surface area (Å²) in [7, 11) is -3.46. The maximum atomic E-state index is 12.3. The van der Waals surface area contributed by atoms with Gasteiger partial charge in [-0.05, 0) is 44.0 Å². The van der Waals surface area contributed by atoms with Crippen LogP contribution in [0.5, 0.6) is 0 Å². The van der Waals surface area contributed by atoms with Crippen LogP contribution in [0.1, 0.15) is 44.7 Å². The predicted octanol–water partition coefficient (Wildman–Crippen LogP) is 2.04. The Labute approximate surface area is 127 Å². The zero-order chi connectivity index (χ0) is 15.3. The highest BCUT2D eigenvalue weighted by Gasteiger charge is 2.20. The number of hydrogen-bond acceptors (Lipinski definition) is 4. The van der Waals surface area contributed by atoms with Gasteiger partial charge in [0.25, 0.3) is 10.0 Å². The summed E-state index contributed by atoms with van der Waals surface area (Å²) in [6.07, 6.45) is 3.26. The van der Waals surface area contributed by atoms with E-state index in [1.54, 1.807) is 17.1 Å². The SMILES string of the molecule is CCNC(C)c1ccc(S(=O)(=O)NN2CCCCC2)cc1. The first kappa shape index (κ1) is 16.4. The fourth-order valence-corrected chi connectivity index (χ4v) is 3.69. The molecule has 1 saturated heterocycles. The largest absolute Gasteiger partial charge is 0.310 e. The summed E-state index contributed by atoms with van der Waals surface area (Å²) in [4.78, 5) is 3.00. The van der Waals surface area contributed by atoms with E-state index in [1.807, 2.05) is 12.1 Å². The average molecular weight is 311 g/mol. The maximum Gasteiger partial charge on any atom is 0.253 e. The van der Waals surface area contributed by atoms with Crippen LogP contribution in [-0.2, 0) is 10.0 Å². The quantitative estimate of drug-likeness (QED) is 0.844. The van der Waals surface area contributed by atoms with Crippen molar-refractivity contribution < 1.29 is 8.42 Å². The van der Waals surface area contributed by atoms with Gasteiger partial charge in [0.15, 0.2) is 0 Å². The Morgan fingerprint density at radius 2 is 1.76 bits per heavy atom. The van der Waals surface area contributed by atoms with Gasteiger partial charge in [-0.1, -0.05) is 25.5 Å². The van der Waals surface area contributed by atoms with Gasteiger partial charge in [0.2, 0.25) is 0 Å². The number of rotatable bonds is 6. The smallest absolute Gasteiger partial charge is 0.253 e. The summed E-state index contributed by atoms with van der Waals surface area (Å²) < 4.78 is 24.7. The Morgan fingerprint density at radius 1 is 1.14 bits per heavy atom. The van der Waals surface area contributed by atoms with Crippen molar-refractivity contribution in [2.45, 2.75) is 44.0 Å². The van der Waals surface area contributed by atoms with E-state index >= 15 is 0 Å². The zero-order valence-electron chi connectivity index (χ0n) is 12.8. The standard InChI is InChI=1S/C15H25N3O2S/c1-3-16-13(2)14-7-9-15(10-8-14)21(19,20)17-18-11-5-4-6-12-18/h7-10,13,16-17H,3-6,11-12H2,1-2H3. The van der Waals surface area contributed by atoms with Gasteiger partial charge in [-0.25, -0.2) is 13.4 Å². The van der Waals surface area contributed by atoms with Crippen molar-refractivity contribution >= 4 is 10.0 Å². The molecule has 2 rings (SSSR count). The fraction of sp³-hybridized carbons (Fsp3) is 0.600. The normalized spacial score (nSPS) is 18.6. The molecule has 118 valence electrons. The monoisotopic (exact) mass is 311 g/mol. The van der Waals surface area contributed by atoms with Gasteiger partial charge < -0.3 is 5.32 Å². The number of piperidine rings is 1. The van der Waals surface area contributed by atoms with Crippen LogP contribution in [0.25, 0.3) is 0 Å². The fourth-order valence-electron chi connectivity index (χ4n) is 2.57. The van der Waals surface area contributed by atoms with Crippen molar-refractivity contribution in [3.8, 4) is 0 Å². The molecular formula is C15H25N3O2S.